The number of hydrogen-bond acceptors (Lipinski definition) is 2. The average Bonchev–Trinajstić information content (AvgIpc) is 2.85. The maximum absolute atomic E-state index is 12.0. The van der Waals surface area contributed by atoms with Crippen molar-refractivity contribution in [1.82, 2.24) is 5.32 Å². The van der Waals surface area contributed by atoms with Crippen LogP contribution in [0, 0.1) is 11.8 Å². The molecule has 92 valence electrons. The average molecular weight is 224 g/mol. The van der Waals surface area contributed by atoms with Gasteiger partial charge in [-0.15, -0.1) is 0 Å². The fourth-order valence-corrected chi connectivity index (χ4v) is 3.16. The molecule has 0 heterocycles. The lowest BCUT2D eigenvalue weighted by Crippen LogP contribution is -2.52. The molecule has 0 saturated heterocycles. The molecule has 3 nitrogen and oxygen atoms in total. The monoisotopic (exact) mass is 224 g/mol. The van der Waals surface area contributed by atoms with Crippen molar-refractivity contribution >= 4 is 5.91 Å². The Labute approximate surface area is 98.2 Å². The van der Waals surface area contributed by atoms with Gasteiger partial charge in [-0.2, -0.15) is 0 Å². The smallest absolute Gasteiger partial charge is 0.240 e. The molecule has 2 aliphatic rings. The van der Waals surface area contributed by atoms with E-state index in [1.165, 1.54) is 19.3 Å². The van der Waals surface area contributed by atoms with E-state index in [2.05, 4.69) is 12.2 Å². The van der Waals surface area contributed by atoms with Gasteiger partial charge >= 0.3 is 0 Å². The molecule has 0 radical (unpaired) electrons. The lowest BCUT2D eigenvalue weighted by atomic mass is 9.95. The molecule has 16 heavy (non-hydrogen) atoms. The molecule has 2 unspecified atom stereocenters. The zero-order valence-corrected chi connectivity index (χ0v) is 10.3. The van der Waals surface area contributed by atoms with Gasteiger partial charge in [0.25, 0.3) is 0 Å². The molecule has 2 saturated carbocycles. The summed E-state index contributed by atoms with van der Waals surface area (Å²) in [6, 6.07) is 0. The van der Waals surface area contributed by atoms with Crippen LogP contribution in [0.3, 0.4) is 0 Å². The largest absolute Gasteiger partial charge is 0.354 e. The zero-order chi connectivity index (χ0) is 11.6. The summed E-state index contributed by atoms with van der Waals surface area (Å²) < 4.78 is 0. The Kier molecular flexibility index (Phi) is 3.53. The van der Waals surface area contributed by atoms with Gasteiger partial charge in [0.15, 0.2) is 0 Å². The maximum atomic E-state index is 12.0. The van der Waals surface area contributed by atoms with Crippen LogP contribution in [-0.4, -0.2) is 18.0 Å². The minimum atomic E-state index is -0.554. The third kappa shape index (κ3) is 2.40. The van der Waals surface area contributed by atoms with Gasteiger partial charge in [-0.05, 0) is 31.1 Å². The Morgan fingerprint density at radius 1 is 1.31 bits per heavy atom. The van der Waals surface area contributed by atoms with Crippen molar-refractivity contribution in [3.8, 4) is 0 Å². The summed E-state index contributed by atoms with van der Waals surface area (Å²) >= 11 is 0. The fraction of sp³-hybridized carbons (Fsp3) is 0.923. The SMILES string of the molecule is CC1CCCC1CNC(=O)C1(N)CCCC1. The molecule has 0 spiro atoms. The van der Waals surface area contributed by atoms with Gasteiger partial charge < -0.3 is 11.1 Å². The lowest BCUT2D eigenvalue weighted by molar-refractivity contribution is -0.126. The van der Waals surface area contributed by atoms with Crippen molar-refractivity contribution in [3.63, 3.8) is 0 Å². The summed E-state index contributed by atoms with van der Waals surface area (Å²) in [7, 11) is 0. The van der Waals surface area contributed by atoms with Crippen LogP contribution in [0.5, 0.6) is 0 Å². The highest BCUT2D eigenvalue weighted by Gasteiger charge is 2.37. The van der Waals surface area contributed by atoms with E-state index < -0.39 is 5.54 Å². The summed E-state index contributed by atoms with van der Waals surface area (Å²) in [6.07, 6.45) is 7.81. The summed E-state index contributed by atoms with van der Waals surface area (Å²) in [6.45, 7) is 3.12. The van der Waals surface area contributed by atoms with Gasteiger partial charge in [0.1, 0.15) is 0 Å². The third-order valence-electron chi connectivity index (χ3n) is 4.51. The van der Waals surface area contributed by atoms with Crippen LogP contribution in [0.2, 0.25) is 0 Å². The van der Waals surface area contributed by atoms with Crippen molar-refractivity contribution < 1.29 is 4.79 Å². The zero-order valence-electron chi connectivity index (χ0n) is 10.3. The second kappa shape index (κ2) is 4.74. The van der Waals surface area contributed by atoms with Crippen LogP contribution in [-0.2, 0) is 4.79 Å². The van der Waals surface area contributed by atoms with Crippen LogP contribution < -0.4 is 11.1 Å². The molecule has 0 aromatic rings. The molecule has 3 heteroatoms. The number of amides is 1. The van der Waals surface area contributed by atoms with Gasteiger partial charge in [0, 0.05) is 6.54 Å². The molecule has 2 atom stereocenters. The molecule has 0 aromatic heterocycles. The first-order valence-corrected chi connectivity index (χ1v) is 6.69. The Balaban J connectivity index is 1.79. The van der Waals surface area contributed by atoms with Gasteiger partial charge in [0.05, 0.1) is 5.54 Å². The normalized spacial score (nSPS) is 32.9. The van der Waals surface area contributed by atoms with E-state index in [1.54, 1.807) is 0 Å². The summed E-state index contributed by atoms with van der Waals surface area (Å²) in [5.74, 6) is 1.52. The van der Waals surface area contributed by atoms with Crippen LogP contribution in [0.25, 0.3) is 0 Å². The van der Waals surface area contributed by atoms with Gasteiger partial charge in [0.2, 0.25) is 5.91 Å². The van der Waals surface area contributed by atoms with E-state index in [4.69, 9.17) is 5.73 Å². The molecule has 3 N–H and O–H groups in total. The van der Waals surface area contributed by atoms with E-state index in [9.17, 15) is 4.79 Å². The molecule has 0 aliphatic heterocycles. The fourth-order valence-electron chi connectivity index (χ4n) is 3.16. The Hall–Kier alpha value is -0.570. The third-order valence-corrected chi connectivity index (χ3v) is 4.51. The second-order valence-electron chi connectivity index (χ2n) is 5.74. The topological polar surface area (TPSA) is 55.1 Å². The number of hydrogen-bond donors (Lipinski definition) is 2. The number of nitrogens with two attached hydrogens (primary N) is 1. The Morgan fingerprint density at radius 2 is 2.00 bits per heavy atom. The first-order chi connectivity index (χ1) is 7.62. The van der Waals surface area contributed by atoms with E-state index in [0.717, 1.165) is 38.1 Å². The molecule has 2 fully saturated rings. The number of nitrogens with one attached hydrogen (secondary N) is 1. The molecule has 1 amide bonds. The quantitative estimate of drug-likeness (QED) is 0.768. The van der Waals surface area contributed by atoms with Crippen molar-refractivity contribution in [3.05, 3.63) is 0 Å². The standard InChI is InChI=1S/C13H24N2O/c1-10-5-4-6-11(10)9-15-12(16)13(14)7-2-3-8-13/h10-11H,2-9,14H2,1H3,(H,15,16). The van der Waals surface area contributed by atoms with E-state index in [1.807, 2.05) is 0 Å². The van der Waals surface area contributed by atoms with Crippen molar-refractivity contribution in [2.75, 3.05) is 6.54 Å². The van der Waals surface area contributed by atoms with Crippen molar-refractivity contribution in [1.29, 1.82) is 0 Å². The van der Waals surface area contributed by atoms with Gasteiger partial charge in [-0.25, -0.2) is 0 Å². The Morgan fingerprint density at radius 3 is 2.56 bits per heavy atom. The van der Waals surface area contributed by atoms with E-state index in [-0.39, 0.29) is 5.91 Å². The minimum absolute atomic E-state index is 0.0871. The minimum Gasteiger partial charge on any atom is -0.354 e. The van der Waals surface area contributed by atoms with Crippen LogP contribution in [0.15, 0.2) is 0 Å². The van der Waals surface area contributed by atoms with Gasteiger partial charge in [-0.3, -0.25) is 4.79 Å². The number of carbonyl (C=O) groups is 1. The summed E-state index contributed by atoms with van der Waals surface area (Å²) in [4.78, 5) is 12.0. The molecule has 2 rings (SSSR count). The van der Waals surface area contributed by atoms with Crippen molar-refractivity contribution in [2.45, 2.75) is 57.4 Å². The highest BCUT2D eigenvalue weighted by atomic mass is 16.2. The van der Waals surface area contributed by atoms with E-state index in [0.29, 0.717) is 5.92 Å². The van der Waals surface area contributed by atoms with Gasteiger partial charge in [-0.1, -0.05) is 32.6 Å². The molecular weight excluding hydrogens is 200 g/mol. The first kappa shape index (κ1) is 11.9. The lowest BCUT2D eigenvalue weighted by Gasteiger charge is -2.24. The highest BCUT2D eigenvalue weighted by molar-refractivity contribution is 5.86. The Bertz CT molecular complexity index is 259. The summed E-state index contributed by atoms with van der Waals surface area (Å²) in [5.41, 5.74) is 5.56. The number of rotatable bonds is 3. The first-order valence-electron chi connectivity index (χ1n) is 6.69. The number of carbonyl (C=O) groups excluding carboxylic acids is 1. The molecule has 0 aromatic carbocycles. The summed E-state index contributed by atoms with van der Waals surface area (Å²) in [5, 5.41) is 3.07. The predicted molar refractivity (Wildman–Crippen MR) is 64.9 cm³/mol. The van der Waals surface area contributed by atoms with E-state index >= 15 is 0 Å². The van der Waals surface area contributed by atoms with Crippen molar-refractivity contribution in [2.24, 2.45) is 17.6 Å². The second-order valence-corrected chi connectivity index (χ2v) is 5.74. The van der Waals surface area contributed by atoms with Crippen LogP contribution >= 0.6 is 0 Å². The predicted octanol–water partition coefficient (Wildman–Crippen LogP) is 1.81. The van der Waals surface area contributed by atoms with Crippen LogP contribution in [0.1, 0.15) is 51.9 Å². The maximum Gasteiger partial charge on any atom is 0.240 e. The molecule has 0 bridgehead atoms. The molecular formula is C13H24N2O. The highest BCUT2D eigenvalue weighted by Crippen LogP contribution is 2.31. The molecule has 2 aliphatic carbocycles. The van der Waals surface area contributed by atoms with Crippen LogP contribution in [0.4, 0.5) is 0 Å².